The summed E-state index contributed by atoms with van der Waals surface area (Å²) >= 11 is 0. The lowest BCUT2D eigenvalue weighted by molar-refractivity contribution is 0.200. The van der Waals surface area contributed by atoms with E-state index in [9.17, 15) is 0 Å². The highest BCUT2D eigenvalue weighted by molar-refractivity contribution is 5.05. The van der Waals surface area contributed by atoms with Gasteiger partial charge in [0, 0.05) is 20.2 Å². The van der Waals surface area contributed by atoms with Gasteiger partial charge in [-0.25, -0.2) is 0 Å². The molecule has 0 radical (unpaired) electrons. The van der Waals surface area contributed by atoms with Gasteiger partial charge in [0.25, 0.3) is 0 Å². The normalized spacial score (nSPS) is 14.4. The molecule has 0 saturated heterocycles. The Kier molecular flexibility index (Phi) is 9.00. The minimum Gasteiger partial charge on any atom is -0.383 e. The van der Waals surface area contributed by atoms with Crippen LogP contribution in [0.3, 0.4) is 0 Å². The van der Waals surface area contributed by atoms with Crippen molar-refractivity contribution in [2.24, 2.45) is 5.92 Å². The highest BCUT2D eigenvalue weighted by atomic mass is 16.5. The zero-order chi connectivity index (χ0) is 10.8. The maximum atomic E-state index is 4.98. The standard InChI is InChI=1S/C12H25NO/c1-5-11(3)9-12(6-2)10-13-7-8-14-4/h9,11,13H,5-8,10H2,1-4H3. The molecular formula is C12H25NO. The minimum absolute atomic E-state index is 0.703. The Morgan fingerprint density at radius 3 is 2.64 bits per heavy atom. The van der Waals surface area contributed by atoms with Gasteiger partial charge < -0.3 is 10.1 Å². The van der Waals surface area contributed by atoms with Crippen LogP contribution < -0.4 is 5.32 Å². The van der Waals surface area contributed by atoms with Gasteiger partial charge in [0.05, 0.1) is 6.61 Å². The molecule has 0 spiro atoms. The zero-order valence-corrected chi connectivity index (χ0v) is 10.1. The van der Waals surface area contributed by atoms with Crippen LogP contribution in [0.4, 0.5) is 0 Å². The smallest absolute Gasteiger partial charge is 0.0587 e. The molecule has 0 aromatic carbocycles. The van der Waals surface area contributed by atoms with Crippen LogP contribution >= 0.6 is 0 Å². The summed E-state index contributed by atoms with van der Waals surface area (Å²) in [5.74, 6) is 0.703. The van der Waals surface area contributed by atoms with Crippen molar-refractivity contribution >= 4 is 0 Å². The average Bonchev–Trinajstić information content (AvgIpc) is 2.22. The topological polar surface area (TPSA) is 21.3 Å². The summed E-state index contributed by atoms with van der Waals surface area (Å²) in [7, 11) is 1.73. The first-order valence-corrected chi connectivity index (χ1v) is 5.63. The van der Waals surface area contributed by atoms with Crippen molar-refractivity contribution in [2.45, 2.75) is 33.6 Å². The number of nitrogens with one attached hydrogen (secondary N) is 1. The third-order valence-electron chi connectivity index (χ3n) is 2.45. The molecule has 0 amide bonds. The molecule has 0 rings (SSSR count). The Morgan fingerprint density at radius 1 is 1.43 bits per heavy atom. The average molecular weight is 199 g/mol. The highest BCUT2D eigenvalue weighted by Crippen LogP contribution is 2.08. The van der Waals surface area contributed by atoms with Crippen molar-refractivity contribution in [3.05, 3.63) is 11.6 Å². The van der Waals surface area contributed by atoms with Crippen LogP contribution in [-0.4, -0.2) is 26.8 Å². The van der Waals surface area contributed by atoms with Crippen molar-refractivity contribution in [3.8, 4) is 0 Å². The fraction of sp³-hybridized carbons (Fsp3) is 0.833. The van der Waals surface area contributed by atoms with Gasteiger partial charge in [-0.05, 0) is 12.3 Å². The zero-order valence-electron chi connectivity index (χ0n) is 10.1. The Morgan fingerprint density at radius 2 is 2.14 bits per heavy atom. The fourth-order valence-corrected chi connectivity index (χ4v) is 1.25. The summed E-state index contributed by atoms with van der Waals surface area (Å²) in [4.78, 5) is 0. The molecule has 1 unspecified atom stereocenters. The molecular weight excluding hydrogens is 174 g/mol. The van der Waals surface area contributed by atoms with Gasteiger partial charge in [-0.1, -0.05) is 38.8 Å². The monoisotopic (exact) mass is 199 g/mol. The highest BCUT2D eigenvalue weighted by Gasteiger charge is 1.98. The minimum atomic E-state index is 0.703. The molecule has 1 atom stereocenters. The summed E-state index contributed by atoms with van der Waals surface area (Å²) in [6.07, 6.45) is 4.76. The lowest BCUT2D eigenvalue weighted by Gasteiger charge is -2.09. The summed E-state index contributed by atoms with van der Waals surface area (Å²) in [6.45, 7) is 9.45. The van der Waals surface area contributed by atoms with Gasteiger partial charge in [0.2, 0.25) is 0 Å². The number of rotatable bonds is 8. The van der Waals surface area contributed by atoms with Gasteiger partial charge in [-0.2, -0.15) is 0 Å². The number of allylic oxidation sites excluding steroid dienone is 1. The molecule has 0 bridgehead atoms. The predicted molar refractivity (Wildman–Crippen MR) is 62.6 cm³/mol. The van der Waals surface area contributed by atoms with Gasteiger partial charge in [-0.15, -0.1) is 0 Å². The number of methoxy groups -OCH3 is 1. The van der Waals surface area contributed by atoms with E-state index in [1.807, 2.05) is 0 Å². The van der Waals surface area contributed by atoms with Crippen LogP contribution in [0.25, 0.3) is 0 Å². The van der Waals surface area contributed by atoms with Crippen molar-refractivity contribution in [1.82, 2.24) is 5.32 Å². The third kappa shape index (κ3) is 7.10. The lowest BCUT2D eigenvalue weighted by atomic mass is 10.0. The molecule has 2 heteroatoms. The van der Waals surface area contributed by atoms with Crippen LogP contribution in [0.2, 0.25) is 0 Å². The Bertz CT molecular complexity index is 154. The van der Waals surface area contributed by atoms with Gasteiger partial charge in [-0.3, -0.25) is 0 Å². The fourth-order valence-electron chi connectivity index (χ4n) is 1.25. The van der Waals surface area contributed by atoms with E-state index >= 15 is 0 Å². The molecule has 0 aliphatic carbocycles. The largest absolute Gasteiger partial charge is 0.383 e. The number of ether oxygens (including phenoxy) is 1. The third-order valence-corrected chi connectivity index (χ3v) is 2.45. The van der Waals surface area contributed by atoms with Crippen molar-refractivity contribution in [2.75, 3.05) is 26.8 Å². The molecule has 0 fully saturated rings. The van der Waals surface area contributed by atoms with Gasteiger partial charge in [0.1, 0.15) is 0 Å². The molecule has 0 aliphatic heterocycles. The molecule has 1 N–H and O–H groups in total. The first-order chi connectivity index (χ1) is 6.74. The quantitative estimate of drug-likeness (QED) is 0.479. The Balaban J connectivity index is 3.72. The van der Waals surface area contributed by atoms with E-state index in [1.165, 1.54) is 12.0 Å². The molecule has 2 nitrogen and oxygen atoms in total. The number of hydrogen-bond acceptors (Lipinski definition) is 2. The molecule has 14 heavy (non-hydrogen) atoms. The lowest BCUT2D eigenvalue weighted by Crippen LogP contribution is -2.21. The molecule has 0 saturated carbocycles. The van der Waals surface area contributed by atoms with Crippen LogP contribution in [-0.2, 0) is 4.74 Å². The second-order valence-electron chi connectivity index (χ2n) is 3.73. The van der Waals surface area contributed by atoms with Crippen molar-refractivity contribution < 1.29 is 4.74 Å². The number of hydrogen-bond donors (Lipinski definition) is 1. The van der Waals surface area contributed by atoms with E-state index in [1.54, 1.807) is 7.11 Å². The maximum Gasteiger partial charge on any atom is 0.0587 e. The molecule has 0 heterocycles. The summed E-state index contributed by atoms with van der Waals surface area (Å²) in [6, 6.07) is 0. The van der Waals surface area contributed by atoms with Crippen LogP contribution in [0, 0.1) is 5.92 Å². The maximum absolute atomic E-state index is 4.98. The molecule has 0 aromatic rings. The van der Waals surface area contributed by atoms with E-state index in [2.05, 4.69) is 32.2 Å². The Hall–Kier alpha value is -0.340. The molecule has 84 valence electrons. The summed E-state index contributed by atoms with van der Waals surface area (Å²) in [5.41, 5.74) is 1.51. The second kappa shape index (κ2) is 9.22. The van der Waals surface area contributed by atoms with Gasteiger partial charge >= 0.3 is 0 Å². The predicted octanol–water partition coefficient (Wildman–Crippen LogP) is 2.60. The first-order valence-electron chi connectivity index (χ1n) is 5.63. The molecule has 0 aliphatic rings. The van der Waals surface area contributed by atoms with E-state index in [0.29, 0.717) is 5.92 Å². The van der Waals surface area contributed by atoms with E-state index in [0.717, 1.165) is 26.1 Å². The summed E-state index contributed by atoms with van der Waals surface area (Å²) < 4.78 is 4.98. The van der Waals surface area contributed by atoms with Crippen molar-refractivity contribution in [3.63, 3.8) is 0 Å². The van der Waals surface area contributed by atoms with E-state index < -0.39 is 0 Å². The second-order valence-corrected chi connectivity index (χ2v) is 3.73. The van der Waals surface area contributed by atoms with E-state index in [-0.39, 0.29) is 0 Å². The summed E-state index contributed by atoms with van der Waals surface area (Å²) in [5, 5.41) is 3.37. The van der Waals surface area contributed by atoms with Crippen LogP contribution in [0.1, 0.15) is 33.6 Å². The van der Waals surface area contributed by atoms with E-state index in [4.69, 9.17) is 4.74 Å². The molecule has 0 aromatic heterocycles. The van der Waals surface area contributed by atoms with Crippen LogP contribution in [0.15, 0.2) is 11.6 Å². The van der Waals surface area contributed by atoms with Crippen LogP contribution in [0.5, 0.6) is 0 Å². The van der Waals surface area contributed by atoms with Gasteiger partial charge in [0.15, 0.2) is 0 Å². The Labute approximate surface area is 88.7 Å². The van der Waals surface area contributed by atoms with Crippen molar-refractivity contribution in [1.29, 1.82) is 0 Å². The first kappa shape index (κ1) is 13.7. The SMILES string of the molecule is CCC(=CC(C)CC)CNCCOC.